The van der Waals surface area contributed by atoms with E-state index in [0.717, 1.165) is 12.8 Å². The van der Waals surface area contributed by atoms with Crippen molar-refractivity contribution in [1.29, 1.82) is 0 Å². The SMILES string of the molecule is COCC1(COC)CCN(C(=O)O)CC1. The van der Waals surface area contributed by atoms with E-state index in [2.05, 4.69) is 0 Å². The first kappa shape index (κ1) is 12.3. The summed E-state index contributed by atoms with van der Waals surface area (Å²) in [5, 5.41) is 8.83. The number of likely N-dealkylation sites (tertiary alicyclic amines) is 1. The number of hydrogen-bond acceptors (Lipinski definition) is 3. The number of carbonyl (C=O) groups is 1. The van der Waals surface area contributed by atoms with Crippen molar-refractivity contribution in [2.24, 2.45) is 5.41 Å². The molecule has 1 N–H and O–H groups in total. The summed E-state index contributed by atoms with van der Waals surface area (Å²) in [5.74, 6) is 0. The largest absolute Gasteiger partial charge is 0.465 e. The Bertz CT molecular complexity index is 203. The molecule has 1 heterocycles. The van der Waals surface area contributed by atoms with Crippen LogP contribution in [0.2, 0.25) is 0 Å². The Kier molecular flexibility index (Phi) is 4.35. The number of carboxylic acid groups (broad SMARTS) is 1. The van der Waals surface area contributed by atoms with Gasteiger partial charge in [0.1, 0.15) is 0 Å². The second-order valence-electron chi connectivity index (χ2n) is 4.14. The van der Waals surface area contributed by atoms with Gasteiger partial charge in [-0.05, 0) is 12.8 Å². The van der Waals surface area contributed by atoms with Gasteiger partial charge in [-0.3, -0.25) is 0 Å². The summed E-state index contributed by atoms with van der Waals surface area (Å²) in [6.07, 6.45) is 0.778. The zero-order chi connectivity index (χ0) is 11.3. The van der Waals surface area contributed by atoms with Gasteiger partial charge in [0.05, 0.1) is 13.2 Å². The molecule has 0 radical (unpaired) electrons. The van der Waals surface area contributed by atoms with E-state index >= 15 is 0 Å². The van der Waals surface area contributed by atoms with Crippen molar-refractivity contribution >= 4 is 6.09 Å². The van der Waals surface area contributed by atoms with Crippen LogP contribution in [0.4, 0.5) is 4.79 Å². The number of hydrogen-bond donors (Lipinski definition) is 1. The summed E-state index contributed by atoms with van der Waals surface area (Å²) in [6.45, 7) is 2.41. The lowest BCUT2D eigenvalue weighted by Gasteiger charge is -2.39. The first-order chi connectivity index (χ1) is 7.13. The Morgan fingerprint density at radius 3 is 2.07 bits per heavy atom. The van der Waals surface area contributed by atoms with Gasteiger partial charge in [-0.15, -0.1) is 0 Å². The first-order valence-electron chi connectivity index (χ1n) is 5.09. The average molecular weight is 217 g/mol. The molecule has 0 aromatic carbocycles. The van der Waals surface area contributed by atoms with Gasteiger partial charge < -0.3 is 19.5 Å². The van der Waals surface area contributed by atoms with Crippen molar-refractivity contribution in [3.8, 4) is 0 Å². The van der Waals surface area contributed by atoms with E-state index in [9.17, 15) is 4.79 Å². The van der Waals surface area contributed by atoms with Crippen LogP contribution in [0.25, 0.3) is 0 Å². The van der Waals surface area contributed by atoms with E-state index in [4.69, 9.17) is 14.6 Å². The Morgan fingerprint density at radius 1 is 1.27 bits per heavy atom. The molecule has 5 nitrogen and oxygen atoms in total. The summed E-state index contributed by atoms with van der Waals surface area (Å²) >= 11 is 0. The van der Waals surface area contributed by atoms with E-state index in [1.165, 1.54) is 4.90 Å². The fraction of sp³-hybridized carbons (Fsp3) is 0.900. The van der Waals surface area contributed by atoms with Gasteiger partial charge in [0.25, 0.3) is 0 Å². The fourth-order valence-corrected chi connectivity index (χ4v) is 2.12. The van der Waals surface area contributed by atoms with Gasteiger partial charge in [0.15, 0.2) is 0 Å². The third-order valence-corrected chi connectivity index (χ3v) is 3.00. The van der Waals surface area contributed by atoms with Crippen molar-refractivity contribution in [3.63, 3.8) is 0 Å². The zero-order valence-corrected chi connectivity index (χ0v) is 9.36. The minimum atomic E-state index is -0.835. The van der Waals surface area contributed by atoms with Crippen molar-refractivity contribution < 1.29 is 19.4 Å². The van der Waals surface area contributed by atoms with Crippen LogP contribution in [0.3, 0.4) is 0 Å². The quantitative estimate of drug-likeness (QED) is 0.764. The maximum absolute atomic E-state index is 10.7. The Labute approximate surface area is 90.0 Å². The predicted octanol–water partition coefficient (Wildman–Crippen LogP) is 1.04. The highest BCUT2D eigenvalue weighted by molar-refractivity contribution is 5.65. The highest BCUT2D eigenvalue weighted by atomic mass is 16.5. The number of methoxy groups -OCH3 is 2. The van der Waals surface area contributed by atoms with Crippen LogP contribution >= 0.6 is 0 Å². The Morgan fingerprint density at radius 2 is 1.73 bits per heavy atom. The first-order valence-corrected chi connectivity index (χ1v) is 5.09. The van der Waals surface area contributed by atoms with E-state index in [-0.39, 0.29) is 5.41 Å². The van der Waals surface area contributed by atoms with E-state index in [0.29, 0.717) is 26.3 Å². The number of nitrogens with zero attached hydrogens (tertiary/aromatic N) is 1. The smallest absolute Gasteiger partial charge is 0.407 e. The summed E-state index contributed by atoms with van der Waals surface area (Å²) < 4.78 is 10.4. The second kappa shape index (κ2) is 5.32. The van der Waals surface area contributed by atoms with Crippen LogP contribution in [-0.4, -0.2) is 56.6 Å². The van der Waals surface area contributed by atoms with Gasteiger partial charge in [-0.2, -0.15) is 0 Å². The van der Waals surface area contributed by atoms with Gasteiger partial charge in [0, 0.05) is 32.7 Å². The molecule has 0 unspecified atom stereocenters. The number of amides is 1. The maximum atomic E-state index is 10.7. The molecule has 0 spiro atoms. The molecule has 1 saturated heterocycles. The molecule has 1 amide bonds. The molecule has 0 aromatic rings. The molecule has 15 heavy (non-hydrogen) atoms. The van der Waals surface area contributed by atoms with Crippen molar-refractivity contribution in [3.05, 3.63) is 0 Å². The third kappa shape index (κ3) is 3.07. The van der Waals surface area contributed by atoms with Crippen LogP contribution in [0, 0.1) is 5.41 Å². The lowest BCUT2D eigenvalue weighted by atomic mass is 9.80. The molecule has 0 aliphatic carbocycles. The van der Waals surface area contributed by atoms with Gasteiger partial charge >= 0.3 is 6.09 Å². The predicted molar refractivity (Wildman–Crippen MR) is 55.0 cm³/mol. The van der Waals surface area contributed by atoms with Crippen molar-refractivity contribution in [2.45, 2.75) is 12.8 Å². The zero-order valence-electron chi connectivity index (χ0n) is 9.36. The molecule has 1 aliphatic rings. The number of rotatable bonds is 4. The standard InChI is InChI=1S/C10H19NO4/c1-14-7-10(8-15-2)3-5-11(6-4-10)9(12)13/h3-8H2,1-2H3,(H,12,13). The molecule has 88 valence electrons. The van der Waals surface area contributed by atoms with Crippen LogP contribution in [0.1, 0.15) is 12.8 Å². The van der Waals surface area contributed by atoms with Crippen LogP contribution < -0.4 is 0 Å². The van der Waals surface area contributed by atoms with Crippen LogP contribution in [0.5, 0.6) is 0 Å². The minimum absolute atomic E-state index is 0.00451. The van der Waals surface area contributed by atoms with Crippen molar-refractivity contribution in [2.75, 3.05) is 40.5 Å². The molecular formula is C10H19NO4. The molecular weight excluding hydrogens is 198 g/mol. The van der Waals surface area contributed by atoms with E-state index in [1.807, 2.05) is 0 Å². The fourth-order valence-electron chi connectivity index (χ4n) is 2.12. The third-order valence-electron chi connectivity index (χ3n) is 3.00. The maximum Gasteiger partial charge on any atom is 0.407 e. The van der Waals surface area contributed by atoms with Crippen LogP contribution in [0.15, 0.2) is 0 Å². The van der Waals surface area contributed by atoms with Gasteiger partial charge in [0.2, 0.25) is 0 Å². The summed E-state index contributed by atoms with van der Waals surface area (Å²) in [5.41, 5.74) is -0.00451. The molecule has 1 rings (SSSR count). The van der Waals surface area contributed by atoms with Gasteiger partial charge in [-0.1, -0.05) is 0 Å². The summed E-state index contributed by atoms with van der Waals surface area (Å²) in [7, 11) is 3.34. The Hall–Kier alpha value is -0.810. The average Bonchev–Trinajstić information content (AvgIpc) is 2.19. The lowest BCUT2D eigenvalue weighted by Crippen LogP contribution is -2.46. The highest BCUT2D eigenvalue weighted by Gasteiger charge is 2.36. The molecule has 0 bridgehead atoms. The Balaban J connectivity index is 2.52. The normalized spacial score (nSPS) is 20.3. The topological polar surface area (TPSA) is 59.0 Å². The summed E-state index contributed by atoms with van der Waals surface area (Å²) in [6, 6.07) is 0. The second-order valence-corrected chi connectivity index (χ2v) is 4.14. The lowest BCUT2D eigenvalue weighted by molar-refractivity contribution is -0.0276. The van der Waals surface area contributed by atoms with Crippen molar-refractivity contribution in [1.82, 2.24) is 4.90 Å². The van der Waals surface area contributed by atoms with E-state index in [1.54, 1.807) is 14.2 Å². The molecule has 5 heteroatoms. The molecule has 0 atom stereocenters. The minimum Gasteiger partial charge on any atom is -0.465 e. The molecule has 1 aliphatic heterocycles. The van der Waals surface area contributed by atoms with E-state index < -0.39 is 6.09 Å². The molecule has 0 saturated carbocycles. The molecule has 0 aromatic heterocycles. The van der Waals surface area contributed by atoms with Gasteiger partial charge in [-0.25, -0.2) is 4.79 Å². The number of piperidine rings is 1. The monoisotopic (exact) mass is 217 g/mol. The van der Waals surface area contributed by atoms with Crippen LogP contribution in [-0.2, 0) is 9.47 Å². The highest BCUT2D eigenvalue weighted by Crippen LogP contribution is 2.32. The number of ether oxygens (including phenoxy) is 2. The molecule has 1 fully saturated rings. The summed E-state index contributed by atoms with van der Waals surface area (Å²) in [4.78, 5) is 12.2.